The molecule has 1 N–H and O–H groups in total. The maximum Gasteiger partial charge on any atom is 0.270 e. The van der Waals surface area contributed by atoms with Crippen LogP contribution in [0.2, 0.25) is 0 Å². The number of rotatable bonds is 4. The van der Waals surface area contributed by atoms with E-state index in [4.69, 9.17) is 4.42 Å². The van der Waals surface area contributed by atoms with Crippen molar-refractivity contribution in [1.29, 1.82) is 0 Å². The van der Waals surface area contributed by atoms with Crippen molar-refractivity contribution in [1.82, 2.24) is 15.1 Å². The number of nitrogens with zero attached hydrogens (tertiary/aromatic N) is 2. The number of aryl methyl sites for hydroxylation is 2. The van der Waals surface area contributed by atoms with Crippen molar-refractivity contribution in [2.24, 2.45) is 0 Å². The van der Waals surface area contributed by atoms with Gasteiger partial charge in [-0.25, -0.2) is 0 Å². The lowest BCUT2D eigenvalue weighted by Gasteiger charge is -2.32. The predicted molar refractivity (Wildman–Crippen MR) is 104 cm³/mol. The average molecular weight is 367 g/mol. The highest BCUT2D eigenvalue weighted by atomic mass is 16.3. The molecule has 0 saturated carbocycles. The van der Waals surface area contributed by atoms with Crippen LogP contribution in [0.15, 0.2) is 46.7 Å². The second kappa shape index (κ2) is 8.22. The van der Waals surface area contributed by atoms with E-state index < -0.39 is 0 Å². The lowest BCUT2D eigenvalue weighted by atomic mass is 10.1. The van der Waals surface area contributed by atoms with Crippen molar-refractivity contribution in [3.63, 3.8) is 0 Å². The number of benzene rings is 1. The molecule has 1 fully saturated rings. The Bertz CT molecular complexity index is 848. The monoisotopic (exact) mass is 367 g/mol. The Morgan fingerprint density at radius 2 is 1.81 bits per heavy atom. The van der Waals surface area contributed by atoms with E-state index >= 15 is 0 Å². The van der Waals surface area contributed by atoms with Gasteiger partial charge < -0.3 is 19.5 Å². The summed E-state index contributed by atoms with van der Waals surface area (Å²) in [5, 5.41) is 2.78. The molecule has 2 aromatic rings. The highest BCUT2D eigenvalue weighted by Crippen LogP contribution is 2.13. The molecule has 0 spiro atoms. The molecule has 1 aliphatic heterocycles. The standard InChI is InChI=1S/C21H25N3O3/c1-15-6-7-17(13-16(15)2)20(25)22-19(14-18-5-4-12-27-18)21(26)24-10-8-23(3)9-11-24/h4-7,12-14H,8-11H2,1-3H3,(H,22,25). The fraction of sp³-hybridized carbons (Fsp3) is 0.333. The number of piperazine rings is 1. The molecule has 0 unspecified atom stereocenters. The van der Waals surface area contributed by atoms with Gasteiger partial charge in [0.05, 0.1) is 6.26 Å². The zero-order chi connectivity index (χ0) is 19.4. The largest absolute Gasteiger partial charge is 0.465 e. The van der Waals surface area contributed by atoms with Gasteiger partial charge in [0.15, 0.2) is 0 Å². The number of hydrogen-bond donors (Lipinski definition) is 1. The van der Waals surface area contributed by atoms with E-state index in [1.54, 1.807) is 29.2 Å². The number of likely N-dealkylation sites (N-methyl/N-ethyl adjacent to an activating group) is 1. The SMILES string of the molecule is Cc1ccc(C(=O)NC(=Cc2ccco2)C(=O)N2CCN(C)CC2)cc1C. The van der Waals surface area contributed by atoms with E-state index in [2.05, 4.69) is 10.2 Å². The minimum absolute atomic E-state index is 0.198. The molecule has 0 bridgehead atoms. The third kappa shape index (κ3) is 4.65. The molecule has 3 rings (SSSR count). The minimum Gasteiger partial charge on any atom is -0.465 e. The second-order valence-electron chi connectivity index (χ2n) is 6.92. The number of nitrogens with one attached hydrogen (secondary N) is 1. The van der Waals surface area contributed by atoms with Gasteiger partial charge in [-0.2, -0.15) is 0 Å². The molecule has 1 aromatic carbocycles. The van der Waals surface area contributed by atoms with Gasteiger partial charge in [-0.05, 0) is 56.3 Å². The van der Waals surface area contributed by atoms with Crippen LogP contribution in [0.5, 0.6) is 0 Å². The number of carbonyl (C=O) groups excluding carboxylic acids is 2. The molecule has 2 heterocycles. The Labute approximate surface area is 159 Å². The van der Waals surface area contributed by atoms with Crippen molar-refractivity contribution in [3.05, 3.63) is 64.7 Å². The molecule has 2 amide bonds. The van der Waals surface area contributed by atoms with Crippen LogP contribution in [0.4, 0.5) is 0 Å². The van der Waals surface area contributed by atoms with Gasteiger partial charge in [-0.3, -0.25) is 9.59 Å². The quantitative estimate of drug-likeness (QED) is 0.843. The molecular weight excluding hydrogens is 342 g/mol. The first-order valence-corrected chi connectivity index (χ1v) is 9.05. The summed E-state index contributed by atoms with van der Waals surface area (Å²) in [4.78, 5) is 29.7. The number of amides is 2. The number of carbonyl (C=O) groups is 2. The zero-order valence-corrected chi connectivity index (χ0v) is 16.0. The molecule has 1 saturated heterocycles. The predicted octanol–water partition coefficient (Wildman–Crippen LogP) is 2.44. The molecule has 0 radical (unpaired) electrons. The first-order valence-electron chi connectivity index (χ1n) is 9.05. The topological polar surface area (TPSA) is 65.8 Å². The van der Waals surface area contributed by atoms with Gasteiger partial charge in [-0.15, -0.1) is 0 Å². The van der Waals surface area contributed by atoms with E-state index in [0.29, 0.717) is 24.4 Å². The zero-order valence-electron chi connectivity index (χ0n) is 16.0. The van der Waals surface area contributed by atoms with Gasteiger partial charge in [0.25, 0.3) is 11.8 Å². The lowest BCUT2D eigenvalue weighted by molar-refractivity contribution is -0.128. The number of furan rings is 1. The first kappa shape index (κ1) is 18.9. The van der Waals surface area contributed by atoms with Crippen LogP contribution in [-0.4, -0.2) is 54.8 Å². The van der Waals surface area contributed by atoms with Crippen molar-refractivity contribution >= 4 is 17.9 Å². The van der Waals surface area contributed by atoms with Gasteiger partial charge in [0.1, 0.15) is 11.5 Å². The van der Waals surface area contributed by atoms with Gasteiger partial charge in [0.2, 0.25) is 0 Å². The molecule has 0 atom stereocenters. The molecule has 0 aliphatic carbocycles. The van der Waals surface area contributed by atoms with Crippen molar-refractivity contribution < 1.29 is 14.0 Å². The average Bonchev–Trinajstić information content (AvgIpc) is 3.16. The van der Waals surface area contributed by atoms with Crippen LogP contribution in [0.3, 0.4) is 0 Å². The molecule has 142 valence electrons. The second-order valence-corrected chi connectivity index (χ2v) is 6.92. The van der Waals surface area contributed by atoms with Crippen LogP contribution >= 0.6 is 0 Å². The van der Waals surface area contributed by atoms with E-state index in [9.17, 15) is 9.59 Å². The first-order chi connectivity index (χ1) is 12.9. The van der Waals surface area contributed by atoms with Crippen LogP contribution in [0.1, 0.15) is 27.2 Å². The Morgan fingerprint density at radius 3 is 2.44 bits per heavy atom. The maximum absolute atomic E-state index is 13.0. The van der Waals surface area contributed by atoms with E-state index in [1.165, 1.54) is 6.26 Å². The Morgan fingerprint density at radius 1 is 1.07 bits per heavy atom. The Kier molecular flexibility index (Phi) is 5.76. The Balaban J connectivity index is 1.82. The summed E-state index contributed by atoms with van der Waals surface area (Å²) in [6.45, 7) is 6.84. The molecule has 6 heteroatoms. The lowest BCUT2D eigenvalue weighted by Crippen LogP contribution is -2.49. The molecular formula is C21H25N3O3. The van der Waals surface area contributed by atoms with Gasteiger partial charge in [-0.1, -0.05) is 6.07 Å². The molecule has 27 heavy (non-hydrogen) atoms. The van der Waals surface area contributed by atoms with Crippen molar-refractivity contribution in [2.45, 2.75) is 13.8 Å². The summed E-state index contributed by atoms with van der Waals surface area (Å²) >= 11 is 0. The highest BCUT2D eigenvalue weighted by molar-refractivity contribution is 6.05. The van der Waals surface area contributed by atoms with E-state index in [0.717, 1.165) is 24.2 Å². The van der Waals surface area contributed by atoms with Crippen LogP contribution in [0, 0.1) is 13.8 Å². The number of hydrogen-bond acceptors (Lipinski definition) is 4. The van der Waals surface area contributed by atoms with Crippen LogP contribution < -0.4 is 5.32 Å². The molecule has 1 aliphatic rings. The van der Waals surface area contributed by atoms with Crippen LogP contribution in [-0.2, 0) is 4.79 Å². The fourth-order valence-electron chi connectivity index (χ4n) is 2.92. The normalized spacial score (nSPS) is 15.7. The van der Waals surface area contributed by atoms with Gasteiger partial charge >= 0.3 is 0 Å². The van der Waals surface area contributed by atoms with Crippen molar-refractivity contribution in [3.8, 4) is 0 Å². The van der Waals surface area contributed by atoms with Crippen LogP contribution in [0.25, 0.3) is 6.08 Å². The Hall–Kier alpha value is -2.86. The minimum atomic E-state index is -0.307. The third-order valence-electron chi connectivity index (χ3n) is 4.87. The molecule has 6 nitrogen and oxygen atoms in total. The highest BCUT2D eigenvalue weighted by Gasteiger charge is 2.24. The third-order valence-corrected chi connectivity index (χ3v) is 4.87. The summed E-state index contributed by atoms with van der Waals surface area (Å²) in [6, 6.07) is 8.99. The summed E-state index contributed by atoms with van der Waals surface area (Å²) in [6.07, 6.45) is 3.12. The molecule has 1 aromatic heterocycles. The fourth-order valence-corrected chi connectivity index (χ4v) is 2.92. The van der Waals surface area contributed by atoms with Gasteiger partial charge in [0, 0.05) is 37.8 Å². The summed E-state index contributed by atoms with van der Waals surface area (Å²) in [7, 11) is 2.03. The van der Waals surface area contributed by atoms with E-state index in [1.807, 2.05) is 33.0 Å². The summed E-state index contributed by atoms with van der Waals surface area (Å²) in [5.74, 6) is 0.0166. The van der Waals surface area contributed by atoms with Crippen molar-refractivity contribution in [2.75, 3.05) is 33.2 Å². The summed E-state index contributed by atoms with van der Waals surface area (Å²) in [5.41, 5.74) is 2.89. The smallest absolute Gasteiger partial charge is 0.270 e. The van der Waals surface area contributed by atoms with E-state index in [-0.39, 0.29) is 17.5 Å². The summed E-state index contributed by atoms with van der Waals surface area (Å²) < 4.78 is 5.33. The maximum atomic E-state index is 13.0.